The molecule has 0 spiro atoms. The van der Waals surface area contributed by atoms with Gasteiger partial charge in [0, 0.05) is 17.4 Å². The van der Waals surface area contributed by atoms with Crippen molar-refractivity contribution in [2.45, 2.75) is 0 Å². The number of hydrogen-bond donors (Lipinski definition) is 0. The Morgan fingerprint density at radius 3 is 2.12 bits per heavy atom. The second-order valence-electron chi connectivity index (χ2n) is 5.72. The Kier molecular flexibility index (Phi) is 4.05. The molecule has 0 saturated heterocycles. The molecule has 0 N–H and O–H groups in total. The van der Waals surface area contributed by atoms with E-state index in [9.17, 15) is 0 Å². The van der Waals surface area contributed by atoms with Crippen LogP contribution in [0.5, 0.6) is 5.75 Å². The SMILES string of the molecule is COc1ccccc1-c1nc(-c2ccccc2)cn1-c1ccccc1. The van der Waals surface area contributed by atoms with Crippen LogP contribution >= 0.6 is 0 Å². The number of hydrogen-bond acceptors (Lipinski definition) is 2. The molecule has 0 aliphatic carbocycles. The van der Waals surface area contributed by atoms with Crippen LogP contribution in [-0.4, -0.2) is 16.7 Å². The molecule has 0 saturated carbocycles. The van der Waals surface area contributed by atoms with Crippen LogP contribution in [0, 0.1) is 0 Å². The first-order valence-corrected chi connectivity index (χ1v) is 8.20. The van der Waals surface area contributed by atoms with E-state index in [0.29, 0.717) is 0 Å². The molecule has 4 rings (SSSR count). The number of benzene rings is 3. The van der Waals surface area contributed by atoms with Gasteiger partial charge in [0.25, 0.3) is 0 Å². The normalized spacial score (nSPS) is 10.6. The number of nitrogens with zero attached hydrogens (tertiary/aromatic N) is 2. The summed E-state index contributed by atoms with van der Waals surface area (Å²) >= 11 is 0. The molecular weight excluding hydrogens is 308 g/mol. The monoisotopic (exact) mass is 326 g/mol. The number of rotatable bonds is 4. The molecule has 0 aliphatic heterocycles. The molecule has 0 aliphatic rings. The molecule has 122 valence electrons. The standard InChI is InChI=1S/C22H18N2O/c1-25-21-15-9-8-14-19(21)22-23-20(17-10-4-2-5-11-17)16-24(22)18-12-6-3-7-13-18/h2-16H,1H3. The summed E-state index contributed by atoms with van der Waals surface area (Å²) in [6.07, 6.45) is 2.08. The summed E-state index contributed by atoms with van der Waals surface area (Å²) in [6.45, 7) is 0. The van der Waals surface area contributed by atoms with E-state index in [1.807, 2.05) is 60.7 Å². The first kappa shape index (κ1) is 15.2. The topological polar surface area (TPSA) is 27.1 Å². The maximum absolute atomic E-state index is 5.55. The lowest BCUT2D eigenvalue weighted by molar-refractivity contribution is 0.416. The summed E-state index contributed by atoms with van der Waals surface area (Å²) in [6, 6.07) is 28.4. The van der Waals surface area contributed by atoms with Gasteiger partial charge < -0.3 is 4.74 Å². The Labute approximate surface area is 147 Å². The second-order valence-corrected chi connectivity index (χ2v) is 5.72. The third kappa shape index (κ3) is 2.92. The van der Waals surface area contributed by atoms with Crippen molar-refractivity contribution < 1.29 is 4.74 Å². The van der Waals surface area contributed by atoms with Gasteiger partial charge >= 0.3 is 0 Å². The van der Waals surface area contributed by atoms with E-state index in [0.717, 1.165) is 34.1 Å². The Hall–Kier alpha value is -3.33. The van der Waals surface area contributed by atoms with E-state index in [4.69, 9.17) is 9.72 Å². The molecule has 4 aromatic rings. The molecule has 0 atom stereocenters. The van der Waals surface area contributed by atoms with Crippen molar-refractivity contribution >= 4 is 0 Å². The fraction of sp³-hybridized carbons (Fsp3) is 0.0455. The van der Waals surface area contributed by atoms with Crippen LogP contribution < -0.4 is 4.74 Å². The zero-order valence-electron chi connectivity index (χ0n) is 14.0. The summed E-state index contributed by atoms with van der Waals surface area (Å²) in [5, 5.41) is 0. The molecule has 1 aromatic heterocycles. The summed E-state index contributed by atoms with van der Waals surface area (Å²) in [5.74, 6) is 1.67. The third-order valence-corrected chi connectivity index (χ3v) is 4.16. The Balaban J connectivity index is 1.94. The van der Waals surface area contributed by atoms with Crippen LogP contribution in [0.15, 0.2) is 91.1 Å². The Bertz CT molecular complexity index is 975. The van der Waals surface area contributed by atoms with E-state index in [2.05, 4.69) is 35.0 Å². The molecule has 0 bridgehead atoms. The number of ether oxygens (including phenoxy) is 1. The van der Waals surface area contributed by atoms with Crippen molar-refractivity contribution in [3.8, 4) is 34.1 Å². The van der Waals surface area contributed by atoms with Gasteiger partial charge in [0.1, 0.15) is 11.6 Å². The minimum Gasteiger partial charge on any atom is -0.496 e. The molecule has 3 aromatic carbocycles. The summed E-state index contributed by atoms with van der Waals surface area (Å²) in [7, 11) is 1.69. The van der Waals surface area contributed by atoms with Gasteiger partial charge in [0.15, 0.2) is 0 Å². The van der Waals surface area contributed by atoms with Crippen molar-refractivity contribution in [1.29, 1.82) is 0 Å². The molecule has 3 heteroatoms. The van der Waals surface area contributed by atoms with Gasteiger partial charge in [0.05, 0.1) is 18.4 Å². The van der Waals surface area contributed by atoms with Crippen LogP contribution in [0.3, 0.4) is 0 Å². The van der Waals surface area contributed by atoms with Crippen LogP contribution in [0.1, 0.15) is 0 Å². The van der Waals surface area contributed by atoms with Gasteiger partial charge in [-0.15, -0.1) is 0 Å². The maximum Gasteiger partial charge on any atom is 0.148 e. The fourth-order valence-corrected chi connectivity index (χ4v) is 2.93. The van der Waals surface area contributed by atoms with Gasteiger partial charge in [-0.05, 0) is 24.3 Å². The van der Waals surface area contributed by atoms with Crippen LogP contribution in [-0.2, 0) is 0 Å². The maximum atomic E-state index is 5.55. The predicted octanol–water partition coefficient (Wildman–Crippen LogP) is 5.21. The molecule has 3 nitrogen and oxygen atoms in total. The third-order valence-electron chi connectivity index (χ3n) is 4.16. The van der Waals surface area contributed by atoms with Gasteiger partial charge in [-0.3, -0.25) is 4.57 Å². The molecule has 0 unspecified atom stereocenters. The first-order valence-electron chi connectivity index (χ1n) is 8.20. The minimum atomic E-state index is 0.810. The second kappa shape index (κ2) is 6.65. The van der Waals surface area contributed by atoms with Crippen molar-refractivity contribution in [3.05, 3.63) is 91.1 Å². The average molecular weight is 326 g/mol. The highest BCUT2D eigenvalue weighted by Gasteiger charge is 2.16. The Morgan fingerprint density at radius 1 is 0.760 bits per heavy atom. The van der Waals surface area contributed by atoms with Crippen LogP contribution in [0.2, 0.25) is 0 Å². The summed E-state index contributed by atoms with van der Waals surface area (Å²) < 4.78 is 7.66. The van der Waals surface area contributed by atoms with E-state index < -0.39 is 0 Å². The molecule has 0 radical (unpaired) electrons. The van der Waals surface area contributed by atoms with Crippen molar-refractivity contribution in [3.63, 3.8) is 0 Å². The highest BCUT2D eigenvalue weighted by atomic mass is 16.5. The van der Waals surface area contributed by atoms with E-state index in [-0.39, 0.29) is 0 Å². The largest absolute Gasteiger partial charge is 0.496 e. The lowest BCUT2D eigenvalue weighted by atomic mass is 10.1. The van der Waals surface area contributed by atoms with Crippen molar-refractivity contribution in [2.75, 3.05) is 7.11 Å². The zero-order chi connectivity index (χ0) is 17.1. The molecule has 1 heterocycles. The van der Waals surface area contributed by atoms with Gasteiger partial charge in [-0.2, -0.15) is 0 Å². The fourth-order valence-electron chi connectivity index (χ4n) is 2.93. The summed E-state index contributed by atoms with van der Waals surface area (Å²) in [4.78, 5) is 4.92. The average Bonchev–Trinajstić information content (AvgIpc) is 3.14. The Morgan fingerprint density at radius 2 is 1.40 bits per heavy atom. The zero-order valence-corrected chi connectivity index (χ0v) is 14.0. The number of para-hydroxylation sites is 2. The molecule has 0 fully saturated rings. The molecule has 25 heavy (non-hydrogen) atoms. The highest BCUT2D eigenvalue weighted by molar-refractivity contribution is 5.71. The quantitative estimate of drug-likeness (QED) is 0.514. The van der Waals surface area contributed by atoms with Crippen LogP contribution in [0.4, 0.5) is 0 Å². The molecule has 0 amide bonds. The van der Waals surface area contributed by atoms with Gasteiger partial charge in [-0.1, -0.05) is 60.7 Å². The van der Waals surface area contributed by atoms with E-state index in [1.165, 1.54) is 0 Å². The number of imidazole rings is 1. The number of methoxy groups -OCH3 is 1. The van der Waals surface area contributed by atoms with E-state index in [1.54, 1.807) is 7.11 Å². The molecular formula is C22H18N2O. The van der Waals surface area contributed by atoms with Gasteiger partial charge in [-0.25, -0.2) is 4.98 Å². The highest BCUT2D eigenvalue weighted by Crippen LogP contribution is 2.33. The van der Waals surface area contributed by atoms with Crippen molar-refractivity contribution in [1.82, 2.24) is 9.55 Å². The minimum absolute atomic E-state index is 0.810. The lowest BCUT2D eigenvalue weighted by Crippen LogP contribution is -1.97. The smallest absolute Gasteiger partial charge is 0.148 e. The predicted molar refractivity (Wildman–Crippen MR) is 101 cm³/mol. The number of aromatic nitrogens is 2. The van der Waals surface area contributed by atoms with Crippen molar-refractivity contribution in [2.24, 2.45) is 0 Å². The van der Waals surface area contributed by atoms with E-state index >= 15 is 0 Å². The lowest BCUT2D eigenvalue weighted by Gasteiger charge is -2.10. The van der Waals surface area contributed by atoms with Gasteiger partial charge in [0.2, 0.25) is 0 Å². The summed E-state index contributed by atoms with van der Waals surface area (Å²) in [5.41, 5.74) is 4.06. The van der Waals surface area contributed by atoms with Crippen LogP contribution in [0.25, 0.3) is 28.3 Å². The first-order chi connectivity index (χ1) is 12.4.